The summed E-state index contributed by atoms with van der Waals surface area (Å²) in [5, 5.41) is 8.82. The summed E-state index contributed by atoms with van der Waals surface area (Å²) < 4.78 is 37.7. The highest BCUT2D eigenvalue weighted by Crippen LogP contribution is 2.43. The lowest BCUT2D eigenvalue weighted by Crippen LogP contribution is -2.13. The third-order valence-corrected chi connectivity index (χ3v) is 5.46. The van der Waals surface area contributed by atoms with Crippen molar-refractivity contribution in [1.29, 1.82) is 0 Å². The minimum Gasteiger partial charge on any atom is -0.493 e. The van der Waals surface area contributed by atoms with E-state index in [1.807, 2.05) is 22.9 Å². The van der Waals surface area contributed by atoms with Gasteiger partial charge in [0.05, 0.1) is 52.9 Å². The van der Waals surface area contributed by atoms with Crippen LogP contribution in [0.5, 0.6) is 11.5 Å². The molecule has 0 amide bonds. The fourth-order valence-corrected chi connectivity index (χ4v) is 3.89. The van der Waals surface area contributed by atoms with Crippen LogP contribution in [0.4, 0.5) is 15.9 Å². The summed E-state index contributed by atoms with van der Waals surface area (Å²) in [6.45, 7) is 2.53. The Hall–Kier alpha value is -2.94. The number of rotatable bonds is 12. The first-order valence-electron chi connectivity index (χ1n) is 10.7. The van der Waals surface area contributed by atoms with Gasteiger partial charge in [0.1, 0.15) is 11.6 Å². The number of benzene rings is 2. The van der Waals surface area contributed by atoms with E-state index < -0.39 is 0 Å². The quantitative estimate of drug-likeness (QED) is 0.216. The normalized spacial score (nSPS) is 11.4. The maximum Gasteiger partial charge on any atom is 0.161 e. The van der Waals surface area contributed by atoms with Gasteiger partial charge in [-0.25, -0.2) is 4.39 Å². The molecule has 176 valence electrons. The van der Waals surface area contributed by atoms with Crippen molar-refractivity contribution in [2.24, 2.45) is 0 Å². The largest absolute Gasteiger partial charge is 0.493 e. The molecule has 33 heavy (non-hydrogen) atoms. The van der Waals surface area contributed by atoms with Crippen LogP contribution in [0.3, 0.4) is 0 Å². The summed E-state index contributed by atoms with van der Waals surface area (Å²) in [6.07, 6.45) is 0. The maximum absolute atomic E-state index is 13.8. The molecule has 1 aliphatic heterocycles. The zero-order chi connectivity index (χ0) is 23.2. The van der Waals surface area contributed by atoms with Crippen molar-refractivity contribution in [1.82, 2.24) is 9.78 Å². The summed E-state index contributed by atoms with van der Waals surface area (Å²) in [5.41, 5.74) is 2.56. The lowest BCUT2D eigenvalue weighted by atomic mass is 10.2. The van der Waals surface area contributed by atoms with Crippen molar-refractivity contribution in [3.8, 4) is 22.8 Å². The molecule has 9 heteroatoms. The molecular weight excluding hydrogens is 449 g/mol. The Labute approximate surface area is 196 Å². The van der Waals surface area contributed by atoms with Crippen LogP contribution in [-0.2, 0) is 16.0 Å². The Kier molecular flexibility index (Phi) is 7.59. The van der Waals surface area contributed by atoms with Gasteiger partial charge in [0.2, 0.25) is 0 Å². The first-order valence-corrected chi connectivity index (χ1v) is 11.2. The number of ether oxygens (including phenoxy) is 4. The topological polar surface area (TPSA) is 69.7 Å². The van der Waals surface area contributed by atoms with E-state index in [2.05, 4.69) is 16.5 Å². The molecule has 0 saturated heterocycles. The lowest BCUT2D eigenvalue weighted by Gasteiger charge is -2.12. The number of nitrogens with zero attached hydrogens (tertiary/aromatic N) is 1. The second-order valence-electron chi connectivity index (χ2n) is 7.39. The number of aromatic nitrogens is 2. The number of hydrogen-bond acceptors (Lipinski definition) is 5. The highest BCUT2D eigenvalue weighted by atomic mass is 35.5. The van der Waals surface area contributed by atoms with Crippen LogP contribution < -0.4 is 14.8 Å². The summed E-state index contributed by atoms with van der Waals surface area (Å²) in [5.74, 6) is 2.29. The molecule has 2 aromatic rings. The number of alkyl halides is 1. The van der Waals surface area contributed by atoms with E-state index in [-0.39, 0.29) is 5.82 Å². The van der Waals surface area contributed by atoms with Crippen molar-refractivity contribution >= 4 is 33.9 Å². The van der Waals surface area contributed by atoms with Crippen LogP contribution in [-0.4, -0.2) is 56.3 Å². The Bertz CT molecular complexity index is 1180. The van der Waals surface area contributed by atoms with Crippen LogP contribution in [0, 0.1) is 5.82 Å². The Balaban J connectivity index is 1.64. The van der Waals surface area contributed by atoms with Crippen LogP contribution in [0.15, 0.2) is 42.5 Å². The van der Waals surface area contributed by atoms with Gasteiger partial charge in [0.25, 0.3) is 0 Å². The van der Waals surface area contributed by atoms with E-state index in [1.165, 1.54) is 12.1 Å². The summed E-state index contributed by atoms with van der Waals surface area (Å²) >= 11 is 5.60. The van der Waals surface area contributed by atoms with Gasteiger partial charge in [-0.05, 0) is 41.8 Å². The molecule has 0 saturated carbocycles. The van der Waals surface area contributed by atoms with Gasteiger partial charge < -0.3 is 24.3 Å². The van der Waals surface area contributed by atoms with Gasteiger partial charge in [0.15, 0.2) is 11.5 Å². The van der Waals surface area contributed by atoms with Crippen LogP contribution in [0.1, 0.15) is 0 Å². The van der Waals surface area contributed by atoms with Crippen molar-refractivity contribution in [2.75, 3.05) is 51.8 Å². The van der Waals surface area contributed by atoms with Gasteiger partial charge in [-0.3, -0.25) is 9.78 Å². The molecule has 0 bridgehead atoms. The molecule has 0 atom stereocenters. The highest BCUT2D eigenvalue weighted by molar-refractivity contribution is 6.17. The second-order valence-corrected chi connectivity index (χ2v) is 7.77. The molecule has 7 nitrogen and oxygen atoms in total. The minimum atomic E-state index is -0.305. The molecule has 0 spiro atoms. The second kappa shape index (κ2) is 10.8. The molecule has 2 N–H and O–H groups in total. The van der Waals surface area contributed by atoms with E-state index >= 15 is 0 Å². The predicted molar refractivity (Wildman–Crippen MR) is 128 cm³/mol. The SMILES string of the molecule is COc1cc2cc3c(Nc4cccc(F)c4)n(CCOCCOCCCl)[nH]c-3c2cc1OC. The van der Waals surface area contributed by atoms with Crippen molar-refractivity contribution in [3.63, 3.8) is 0 Å². The van der Waals surface area contributed by atoms with Crippen molar-refractivity contribution in [3.05, 3.63) is 48.3 Å². The van der Waals surface area contributed by atoms with E-state index in [4.69, 9.17) is 30.5 Å². The molecule has 0 radical (unpaired) electrons. The van der Waals surface area contributed by atoms with Gasteiger partial charge >= 0.3 is 0 Å². The van der Waals surface area contributed by atoms with Crippen LogP contribution >= 0.6 is 11.6 Å². The molecule has 0 aromatic heterocycles. The number of fused-ring (bicyclic) bond motifs is 3. The Morgan fingerprint density at radius 2 is 1.73 bits per heavy atom. The van der Waals surface area contributed by atoms with Crippen molar-refractivity contribution < 1.29 is 23.3 Å². The van der Waals surface area contributed by atoms with Gasteiger partial charge in [-0.15, -0.1) is 11.6 Å². The molecule has 0 unspecified atom stereocenters. The highest BCUT2D eigenvalue weighted by Gasteiger charge is 2.22. The fourth-order valence-electron chi connectivity index (χ4n) is 3.78. The van der Waals surface area contributed by atoms with Gasteiger partial charge in [0, 0.05) is 22.5 Å². The zero-order valence-electron chi connectivity index (χ0n) is 18.6. The third-order valence-electron chi connectivity index (χ3n) is 5.31. The molecular formula is C24H27ClFN3O4. The zero-order valence-corrected chi connectivity index (χ0v) is 19.4. The summed E-state index contributed by atoms with van der Waals surface area (Å²) in [6, 6.07) is 12.3. The summed E-state index contributed by atoms with van der Waals surface area (Å²) in [7, 11) is 3.23. The van der Waals surface area contributed by atoms with Gasteiger partial charge in [-0.1, -0.05) is 6.07 Å². The van der Waals surface area contributed by atoms with E-state index in [1.54, 1.807) is 20.3 Å². The van der Waals surface area contributed by atoms with E-state index in [9.17, 15) is 4.39 Å². The van der Waals surface area contributed by atoms with Crippen LogP contribution in [0.2, 0.25) is 0 Å². The van der Waals surface area contributed by atoms with E-state index in [0.29, 0.717) is 56.0 Å². The third kappa shape index (κ3) is 5.19. The number of halogens is 2. The van der Waals surface area contributed by atoms with Crippen molar-refractivity contribution in [2.45, 2.75) is 6.54 Å². The number of H-pyrrole nitrogens is 1. The smallest absolute Gasteiger partial charge is 0.161 e. The maximum atomic E-state index is 13.8. The number of hydrogen-bond donors (Lipinski definition) is 2. The number of methoxy groups -OCH3 is 2. The predicted octanol–water partition coefficient (Wildman–Crippen LogP) is 5.25. The first-order chi connectivity index (χ1) is 16.1. The monoisotopic (exact) mass is 475 g/mol. The Morgan fingerprint density at radius 3 is 2.45 bits per heavy atom. The minimum absolute atomic E-state index is 0.305. The summed E-state index contributed by atoms with van der Waals surface area (Å²) in [4.78, 5) is 0. The molecule has 2 aliphatic rings. The average Bonchev–Trinajstić information content (AvgIpc) is 3.33. The molecule has 0 fully saturated rings. The fraction of sp³-hybridized carbons (Fsp3) is 0.333. The number of nitrogens with one attached hydrogen (secondary N) is 2. The van der Waals surface area contributed by atoms with E-state index in [0.717, 1.165) is 27.8 Å². The van der Waals surface area contributed by atoms with Crippen LogP contribution in [0.25, 0.3) is 22.0 Å². The Morgan fingerprint density at radius 1 is 0.970 bits per heavy atom. The molecule has 4 rings (SSSR count). The molecule has 1 heterocycles. The average molecular weight is 476 g/mol. The first kappa shape index (κ1) is 23.2. The number of aromatic amines is 1. The number of anilines is 2. The molecule has 2 aromatic carbocycles. The standard InChI is InChI=1S/C24H27ClFN3O4/c1-30-21-13-16-12-20-23(19(16)15-22(21)31-2)28-29(7-9-33-11-10-32-8-6-25)24(20)27-18-5-3-4-17(26)14-18/h3-5,12-15,27-28H,6-11H2,1-2H3. The lowest BCUT2D eigenvalue weighted by molar-refractivity contribution is 0.0496. The van der Waals surface area contributed by atoms with Gasteiger partial charge in [-0.2, -0.15) is 0 Å². The molecule has 1 aliphatic carbocycles.